The molecule has 2 aliphatic heterocycles. The van der Waals surface area contributed by atoms with Gasteiger partial charge < -0.3 is 15.0 Å². The Hall–Kier alpha value is -2.13. The standard InChI is InChI=1S/C21H26F3N5O/c1-12(2)19-27-17(13-3-16(21(22,23)24)18(25)26-6-13)7-29(19)14-4-20(5-14)10-28(11-20)15-8-30-9-15/h3,6-7,12,14-15H,4-5,8-11H2,1-2H3,(H2,25,26). The second-order valence-corrected chi connectivity index (χ2v) is 9.36. The molecule has 9 heteroatoms. The Morgan fingerprint density at radius 2 is 1.90 bits per heavy atom. The van der Waals surface area contributed by atoms with Crippen molar-refractivity contribution in [2.45, 2.75) is 50.9 Å². The van der Waals surface area contributed by atoms with E-state index in [2.05, 4.69) is 33.3 Å². The van der Waals surface area contributed by atoms with Gasteiger partial charge in [0.15, 0.2) is 0 Å². The second kappa shape index (κ2) is 6.68. The van der Waals surface area contributed by atoms with Gasteiger partial charge in [-0.25, -0.2) is 9.97 Å². The van der Waals surface area contributed by atoms with Gasteiger partial charge in [0.05, 0.1) is 30.5 Å². The van der Waals surface area contributed by atoms with Crippen LogP contribution in [0.4, 0.5) is 19.0 Å². The Bertz CT molecular complexity index is 952. The molecule has 4 heterocycles. The molecule has 5 rings (SSSR count). The van der Waals surface area contributed by atoms with E-state index in [-0.39, 0.29) is 5.92 Å². The van der Waals surface area contributed by atoms with Crippen LogP contribution in [0.25, 0.3) is 11.3 Å². The number of nitrogen functional groups attached to an aromatic ring is 1. The minimum Gasteiger partial charge on any atom is -0.383 e. The van der Waals surface area contributed by atoms with Crippen LogP contribution in [0.2, 0.25) is 0 Å². The first-order valence-corrected chi connectivity index (χ1v) is 10.4. The van der Waals surface area contributed by atoms with Gasteiger partial charge in [0.25, 0.3) is 0 Å². The van der Waals surface area contributed by atoms with Gasteiger partial charge in [-0.2, -0.15) is 13.2 Å². The summed E-state index contributed by atoms with van der Waals surface area (Å²) in [6, 6.07) is 1.97. The number of likely N-dealkylation sites (tertiary alicyclic amines) is 1. The van der Waals surface area contributed by atoms with E-state index in [4.69, 9.17) is 10.5 Å². The highest BCUT2D eigenvalue weighted by molar-refractivity contribution is 5.62. The number of hydrogen-bond donors (Lipinski definition) is 1. The molecule has 2 saturated heterocycles. The van der Waals surface area contributed by atoms with Gasteiger partial charge in [0, 0.05) is 43.0 Å². The number of imidazole rings is 1. The van der Waals surface area contributed by atoms with E-state index in [1.807, 2.05) is 6.20 Å². The number of anilines is 1. The van der Waals surface area contributed by atoms with Gasteiger partial charge in [0.2, 0.25) is 0 Å². The highest BCUT2D eigenvalue weighted by Crippen LogP contribution is 2.55. The highest BCUT2D eigenvalue weighted by Gasteiger charge is 2.55. The molecule has 0 unspecified atom stereocenters. The number of aromatic nitrogens is 3. The van der Waals surface area contributed by atoms with Crippen molar-refractivity contribution in [3.8, 4) is 11.3 Å². The number of nitrogens with two attached hydrogens (primary N) is 1. The van der Waals surface area contributed by atoms with E-state index in [0.29, 0.717) is 28.8 Å². The van der Waals surface area contributed by atoms with Crippen LogP contribution < -0.4 is 5.73 Å². The minimum atomic E-state index is -4.54. The van der Waals surface area contributed by atoms with E-state index in [0.717, 1.165) is 51.0 Å². The maximum Gasteiger partial charge on any atom is 0.419 e. The number of halogens is 3. The molecular formula is C21H26F3N5O. The fourth-order valence-electron chi connectivity index (χ4n) is 5.01. The summed E-state index contributed by atoms with van der Waals surface area (Å²) >= 11 is 0. The van der Waals surface area contributed by atoms with Crippen molar-refractivity contribution in [3.05, 3.63) is 29.8 Å². The first-order chi connectivity index (χ1) is 14.2. The van der Waals surface area contributed by atoms with Gasteiger partial charge in [-0.1, -0.05) is 13.8 Å². The Labute approximate surface area is 173 Å². The Morgan fingerprint density at radius 1 is 1.20 bits per heavy atom. The van der Waals surface area contributed by atoms with E-state index < -0.39 is 17.6 Å². The lowest BCUT2D eigenvalue weighted by Gasteiger charge is -2.62. The summed E-state index contributed by atoms with van der Waals surface area (Å²) in [6.45, 7) is 8.04. The highest BCUT2D eigenvalue weighted by atomic mass is 19.4. The summed E-state index contributed by atoms with van der Waals surface area (Å²) in [5.74, 6) is 0.560. The average molecular weight is 421 g/mol. The molecule has 2 aromatic heterocycles. The number of hydrogen-bond acceptors (Lipinski definition) is 5. The molecule has 30 heavy (non-hydrogen) atoms. The Morgan fingerprint density at radius 3 is 2.47 bits per heavy atom. The zero-order valence-corrected chi connectivity index (χ0v) is 17.1. The quantitative estimate of drug-likeness (QED) is 0.815. The van der Waals surface area contributed by atoms with Crippen molar-refractivity contribution in [1.82, 2.24) is 19.4 Å². The monoisotopic (exact) mass is 421 g/mol. The lowest BCUT2D eigenvalue weighted by molar-refractivity contribution is -0.165. The van der Waals surface area contributed by atoms with Crippen LogP contribution >= 0.6 is 0 Å². The Kier molecular flexibility index (Phi) is 4.41. The van der Waals surface area contributed by atoms with E-state index in [9.17, 15) is 13.2 Å². The first-order valence-electron chi connectivity index (χ1n) is 10.4. The molecule has 2 aromatic rings. The number of rotatable bonds is 4. The third-order valence-corrected chi connectivity index (χ3v) is 6.74. The van der Waals surface area contributed by atoms with E-state index in [1.54, 1.807) is 0 Å². The largest absolute Gasteiger partial charge is 0.419 e. The van der Waals surface area contributed by atoms with Crippen molar-refractivity contribution in [2.24, 2.45) is 5.41 Å². The summed E-state index contributed by atoms with van der Waals surface area (Å²) in [6.07, 6.45) is 0.879. The third-order valence-electron chi connectivity index (χ3n) is 6.74. The summed E-state index contributed by atoms with van der Waals surface area (Å²) in [4.78, 5) is 10.9. The van der Waals surface area contributed by atoms with Gasteiger partial charge in [0.1, 0.15) is 11.6 Å². The van der Waals surface area contributed by atoms with Crippen molar-refractivity contribution in [1.29, 1.82) is 0 Å². The SMILES string of the molecule is CC(C)c1nc(-c2cnc(N)c(C(F)(F)F)c2)cn1C1CC2(C1)CN(C1COC1)C2. The molecule has 0 radical (unpaired) electrons. The Balaban J connectivity index is 1.36. The van der Waals surface area contributed by atoms with Crippen molar-refractivity contribution >= 4 is 5.82 Å². The van der Waals surface area contributed by atoms with Gasteiger partial charge in [-0.3, -0.25) is 4.90 Å². The molecule has 0 amide bonds. The number of nitrogens with zero attached hydrogens (tertiary/aromatic N) is 4. The van der Waals surface area contributed by atoms with Crippen LogP contribution in [0, 0.1) is 5.41 Å². The summed E-state index contributed by atoms with van der Waals surface area (Å²) in [5, 5.41) is 0. The molecule has 1 aliphatic carbocycles. The normalized spacial score (nSPS) is 22.2. The van der Waals surface area contributed by atoms with Crippen LogP contribution in [0.1, 0.15) is 50.0 Å². The predicted octanol–water partition coefficient (Wildman–Crippen LogP) is 3.71. The summed E-state index contributed by atoms with van der Waals surface area (Å²) < 4.78 is 47.2. The first kappa shape index (κ1) is 19.8. The van der Waals surface area contributed by atoms with Crippen LogP contribution in [0.5, 0.6) is 0 Å². The fourth-order valence-corrected chi connectivity index (χ4v) is 5.01. The molecule has 3 fully saturated rings. The van der Waals surface area contributed by atoms with E-state index >= 15 is 0 Å². The smallest absolute Gasteiger partial charge is 0.383 e. The number of ether oxygens (including phenoxy) is 1. The van der Waals surface area contributed by atoms with Gasteiger partial charge >= 0.3 is 6.18 Å². The molecule has 1 saturated carbocycles. The van der Waals surface area contributed by atoms with E-state index in [1.165, 1.54) is 6.20 Å². The average Bonchev–Trinajstić information content (AvgIpc) is 2.98. The van der Waals surface area contributed by atoms with Gasteiger partial charge in [-0.05, 0) is 24.3 Å². The van der Waals surface area contributed by atoms with Crippen LogP contribution in [-0.2, 0) is 10.9 Å². The molecule has 162 valence electrons. The predicted molar refractivity (Wildman–Crippen MR) is 106 cm³/mol. The number of alkyl halides is 3. The molecule has 0 atom stereocenters. The van der Waals surface area contributed by atoms with Crippen LogP contribution in [0.15, 0.2) is 18.5 Å². The van der Waals surface area contributed by atoms with Crippen molar-refractivity contribution in [2.75, 3.05) is 32.0 Å². The second-order valence-electron chi connectivity index (χ2n) is 9.36. The van der Waals surface area contributed by atoms with Crippen molar-refractivity contribution in [3.63, 3.8) is 0 Å². The molecule has 3 aliphatic rings. The maximum atomic E-state index is 13.2. The molecule has 2 N–H and O–H groups in total. The van der Waals surface area contributed by atoms with Crippen molar-refractivity contribution < 1.29 is 17.9 Å². The zero-order chi connectivity index (χ0) is 21.3. The summed E-state index contributed by atoms with van der Waals surface area (Å²) in [5.41, 5.74) is 5.76. The van der Waals surface area contributed by atoms with Crippen LogP contribution in [-0.4, -0.2) is 51.8 Å². The molecular weight excluding hydrogens is 395 g/mol. The lowest BCUT2D eigenvalue weighted by Crippen LogP contribution is -2.68. The van der Waals surface area contributed by atoms with Gasteiger partial charge in [-0.15, -0.1) is 0 Å². The molecule has 0 aromatic carbocycles. The maximum absolute atomic E-state index is 13.2. The molecule has 1 spiro atoms. The lowest BCUT2D eigenvalue weighted by atomic mass is 9.60. The molecule has 0 bridgehead atoms. The number of pyridine rings is 1. The van der Waals surface area contributed by atoms with Crippen LogP contribution in [0.3, 0.4) is 0 Å². The fraction of sp³-hybridized carbons (Fsp3) is 0.619. The minimum absolute atomic E-state index is 0.171. The third kappa shape index (κ3) is 3.19. The summed E-state index contributed by atoms with van der Waals surface area (Å²) in [7, 11) is 0. The topological polar surface area (TPSA) is 69.2 Å². The zero-order valence-electron chi connectivity index (χ0n) is 17.1. The molecule has 6 nitrogen and oxygen atoms in total.